The summed E-state index contributed by atoms with van der Waals surface area (Å²) in [5.74, 6) is 0.836. The fourth-order valence-corrected chi connectivity index (χ4v) is 8.76. The highest BCUT2D eigenvalue weighted by atomic mass is 15.1. The molecule has 0 bridgehead atoms. The molecule has 0 spiro atoms. The Labute approximate surface area is 301 Å². The SMILES string of the molecule is CC1(C)c2ccccc2-c2c(-c3nc4ccccc4nc3-n3c4ccc(-c5ccc6ccccc6c5)cc4c4cc5ccccc5cc43)cccc21. The van der Waals surface area contributed by atoms with Gasteiger partial charge in [0.25, 0.3) is 0 Å². The molecule has 0 N–H and O–H groups in total. The molecular weight excluding hydrogens is 631 g/mol. The molecule has 8 aromatic carbocycles. The summed E-state index contributed by atoms with van der Waals surface area (Å²) in [6, 6.07) is 59.4. The van der Waals surface area contributed by atoms with E-state index in [0.717, 1.165) is 39.1 Å². The summed E-state index contributed by atoms with van der Waals surface area (Å²) in [4.78, 5) is 11.0. The van der Waals surface area contributed by atoms with Crippen molar-refractivity contribution in [3.63, 3.8) is 0 Å². The highest BCUT2D eigenvalue weighted by Gasteiger charge is 2.37. The van der Waals surface area contributed by atoms with E-state index >= 15 is 0 Å². The number of fused-ring (bicyclic) bond motifs is 9. The summed E-state index contributed by atoms with van der Waals surface area (Å²) in [6.07, 6.45) is 0. The lowest BCUT2D eigenvalue weighted by atomic mass is 9.82. The van der Waals surface area contributed by atoms with Crippen molar-refractivity contribution in [3.8, 4) is 39.3 Å². The Morgan fingerprint density at radius 2 is 1.04 bits per heavy atom. The summed E-state index contributed by atoms with van der Waals surface area (Å²) in [5.41, 5.74) is 13.4. The number of benzene rings is 8. The molecule has 1 aliphatic carbocycles. The van der Waals surface area contributed by atoms with Crippen LogP contribution in [0.15, 0.2) is 164 Å². The van der Waals surface area contributed by atoms with Gasteiger partial charge in [0.1, 0.15) is 5.69 Å². The standard InChI is InChI=1S/C49H33N3/c1-49(2)40-18-8-7-16-36(40)46-37(17-11-19-41(46)49)47-48(51-43-21-10-9-20-42(43)50-47)52-44-25-24-35(34-23-22-30-12-3-4-13-31(30)26-34)28-38(44)39-27-32-14-5-6-15-33(32)29-45(39)52/h3-29H,1-2H3. The van der Waals surface area contributed by atoms with Gasteiger partial charge in [-0.2, -0.15) is 0 Å². The minimum atomic E-state index is -0.128. The summed E-state index contributed by atoms with van der Waals surface area (Å²) in [7, 11) is 0. The molecule has 0 saturated carbocycles. The molecule has 2 aromatic heterocycles. The topological polar surface area (TPSA) is 30.7 Å². The minimum Gasteiger partial charge on any atom is -0.292 e. The van der Waals surface area contributed by atoms with Gasteiger partial charge in [0.2, 0.25) is 0 Å². The predicted molar refractivity (Wildman–Crippen MR) is 217 cm³/mol. The summed E-state index contributed by atoms with van der Waals surface area (Å²) < 4.78 is 2.36. The van der Waals surface area contributed by atoms with Crippen molar-refractivity contribution in [2.45, 2.75) is 19.3 Å². The zero-order chi connectivity index (χ0) is 34.6. The third kappa shape index (κ3) is 4.14. The van der Waals surface area contributed by atoms with Crippen molar-refractivity contribution in [2.24, 2.45) is 0 Å². The Balaban J connectivity index is 1.25. The number of hydrogen-bond donors (Lipinski definition) is 0. The Hall–Kier alpha value is -6.58. The van der Waals surface area contributed by atoms with Gasteiger partial charge in [-0.1, -0.05) is 135 Å². The second-order valence-electron chi connectivity index (χ2n) is 14.6. The van der Waals surface area contributed by atoms with Crippen LogP contribution in [0.2, 0.25) is 0 Å². The Morgan fingerprint density at radius 3 is 1.87 bits per heavy atom. The largest absolute Gasteiger partial charge is 0.292 e. The summed E-state index contributed by atoms with van der Waals surface area (Å²) in [6.45, 7) is 4.67. The Kier molecular flexibility index (Phi) is 6.01. The smallest absolute Gasteiger partial charge is 0.165 e. The average Bonchev–Trinajstić information content (AvgIpc) is 3.63. The summed E-state index contributed by atoms with van der Waals surface area (Å²) in [5, 5.41) is 7.29. The molecule has 11 rings (SSSR count). The van der Waals surface area contributed by atoms with Crippen LogP contribution in [0.3, 0.4) is 0 Å². The molecule has 52 heavy (non-hydrogen) atoms. The van der Waals surface area contributed by atoms with Crippen LogP contribution < -0.4 is 0 Å². The van der Waals surface area contributed by atoms with E-state index in [1.54, 1.807) is 0 Å². The van der Waals surface area contributed by atoms with E-state index in [0.29, 0.717) is 0 Å². The van der Waals surface area contributed by atoms with Crippen molar-refractivity contribution >= 4 is 54.4 Å². The fourth-order valence-electron chi connectivity index (χ4n) is 8.76. The lowest BCUT2D eigenvalue weighted by Crippen LogP contribution is -2.14. The normalized spacial score (nSPS) is 13.3. The molecule has 0 atom stereocenters. The highest BCUT2D eigenvalue weighted by molar-refractivity contribution is 6.15. The molecule has 10 aromatic rings. The molecule has 3 nitrogen and oxygen atoms in total. The van der Waals surface area contributed by atoms with E-state index in [1.165, 1.54) is 65.7 Å². The van der Waals surface area contributed by atoms with Gasteiger partial charge in [-0.15, -0.1) is 0 Å². The van der Waals surface area contributed by atoms with Crippen LogP contribution in [-0.4, -0.2) is 14.5 Å². The Morgan fingerprint density at radius 1 is 0.442 bits per heavy atom. The molecule has 0 amide bonds. The number of nitrogens with zero attached hydrogens (tertiary/aromatic N) is 3. The fraction of sp³-hybridized carbons (Fsp3) is 0.0612. The van der Waals surface area contributed by atoms with Gasteiger partial charge in [0.05, 0.1) is 22.1 Å². The zero-order valence-electron chi connectivity index (χ0n) is 28.9. The first kappa shape index (κ1) is 29.2. The van der Waals surface area contributed by atoms with Crippen molar-refractivity contribution in [1.82, 2.24) is 14.5 Å². The van der Waals surface area contributed by atoms with E-state index < -0.39 is 0 Å². The molecule has 1 aliphatic rings. The van der Waals surface area contributed by atoms with E-state index in [9.17, 15) is 0 Å². The van der Waals surface area contributed by atoms with Crippen LogP contribution in [0.1, 0.15) is 25.0 Å². The van der Waals surface area contributed by atoms with Crippen molar-refractivity contribution in [1.29, 1.82) is 0 Å². The van der Waals surface area contributed by atoms with Crippen LogP contribution >= 0.6 is 0 Å². The van der Waals surface area contributed by atoms with Gasteiger partial charge in [0, 0.05) is 21.8 Å². The van der Waals surface area contributed by atoms with E-state index in [4.69, 9.17) is 9.97 Å². The van der Waals surface area contributed by atoms with Crippen molar-refractivity contribution in [2.75, 3.05) is 0 Å². The van der Waals surface area contributed by atoms with Gasteiger partial charge in [-0.3, -0.25) is 4.57 Å². The Bertz CT molecular complexity index is 3110. The highest BCUT2D eigenvalue weighted by Crippen LogP contribution is 2.52. The number of rotatable bonds is 3. The van der Waals surface area contributed by atoms with E-state index in [1.807, 2.05) is 0 Å². The quantitative estimate of drug-likeness (QED) is 0.188. The van der Waals surface area contributed by atoms with Crippen LogP contribution in [0.5, 0.6) is 0 Å². The maximum Gasteiger partial charge on any atom is 0.165 e. The maximum absolute atomic E-state index is 5.51. The second-order valence-corrected chi connectivity index (χ2v) is 14.6. The van der Waals surface area contributed by atoms with Gasteiger partial charge in [-0.05, 0) is 97.4 Å². The zero-order valence-corrected chi connectivity index (χ0v) is 28.9. The van der Waals surface area contributed by atoms with Crippen LogP contribution in [0.4, 0.5) is 0 Å². The molecule has 0 saturated heterocycles. The molecule has 0 radical (unpaired) electrons. The second kappa shape index (κ2) is 10.7. The molecule has 2 heterocycles. The molecule has 3 heteroatoms. The predicted octanol–water partition coefficient (Wildman–Crippen LogP) is 12.7. The van der Waals surface area contributed by atoms with Crippen LogP contribution in [0.25, 0.3) is 93.7 Å². The monoisotopic (exact) mass is 663 g/mol. The van der Waals surface area contributed by atoms with Crippen molar-refractivity contribution in [3.05, 3.63) is 175 Å². The van der Waals surface area contributed by atoms with Gasteiger partial charge in [-0.25, -0.2) is 9.97 Å². The third-order valence-electron chi connectivity index (χ3n) is 11.3. The number of aromatic nitrogens is 3. The molecule has 0 fully saturated rings. The summed E-state index contributed by atoms with van der Waals surface area (Å²) >= 11 is 0. The van der Waals surface area contributed by atoms with Crippen LogP contribution in [-0.2, 0) is 5.41 Å². The minimum absolute atomic E-state index is 0.128. The first-order valence-electron chi connectivity index (χ1n) is 18.0. The van der Waals surface area contributed by atoms with Crippen LogP contribution in [0, 0.1) is 0 Å². The third-order valence-corrected chi connectivity index (χ3v) is 11.3. The van der Waals surface area contributed by atoms with Gasteiger partial charge in [0.15, 0.2) is 5.82 Å². The first-order valence-corrected chi connectivity index (χ1v) is 18.0. The average molecular weight is 664 g/mol. The maximum atomic E-state index is 5.51. The van der Waals surface area contributed by atoms with E-state index in [-0.39, 0.29) is 5.41 Å². The van der Waals surface area contributed by atoms with E-state index in [2.05, 4.69) is 182 Å². The van der Waals surface area contributed by atoms with Gasteiger partial charge >= 0.3 is 0 Å². The first-order chi connectivity index (χ1) is 25.5. The lowest BCUT2D eigenvalue weighted by Gasteiger charge is -2.22. The number of para-hydroxylation sites is 2. The lowest BCUT2D eigenvalue weighted by molar-refractivity contribution is 0.660. The van der Waals surface area contributed by atoms with Crippen molar-refractivity contribution < 1.29 is 0 Å². The molecule has 244 valence electrons. The molecule has 0 unspecified atom stereocenters. The molecule has 0 aliphatic heterocycles. The molecular formula is C49H33N3. The van der Waals surface area contributed by atoms with Gasteiger partial charge < -0.3 is 0 Å². The number of hydrogen-bond acceptors (Lipinski definition) is 2.